The van der Waals surface area contributed by atoms with Gasteiger partial charge >= 0.3 is 0 Å². The highest BCUT2D eigenvalue weighted by molar-refractivity contribution is 6.02. The third kappa shape index (κ3) is 4.94. The molecule has 5 nitrogen and oxygen atoms in total. The van der Waals surface area contributed by atoms with Gasteiger partial charge in [-0.3, -0.25) is 4.79 Å². The fourth-order valence-electron chi connectivity index (χ4n) is 2.21. The molecule has 2 unspecified atom stereocenters. The largest absolute Gasteiger partial charge is 0.409 e. The molecule has 0 saturated heterocycles. The quantitative estimate of drug-likeness (QED) is 0.269. The number of hydrogen-bond donors (Lipinski definition) is 3. The van der Waals surface area contributed by atoms with Gasteiger partial charge in [-0.1, -0.05) is 45.2 Å². The molecule has 1 amide bonds. The third-order valence-corrected chi connectivity index (χ3v) is 3.49. The van der Waals surface area contributed by atoms with Gasteiger partial charge in [-0.15, -0.1) is 0 Å². The Morgan fingerprint density at radius 2 is 1.89 bits per heavy atom. The lowest BCUT2D eigenvalue weighted by atomic mass is 9.94. The number of carbonyl (C=O) groups is 1. The van der Waals surface area contributed by atoms with Gasteiger partial charge in [-0.2, -0.15) is 0 Å². The van der Waals surface area contributed by atoms with E-state index in [2.05, 4.69) is 24.3 Å². The summed E-state index contributed by atoms with van der Waals surface area (Å²) in [5.74, 6) is -0.224. The molecule has 0 radical (unpaired) electrons. The summed E-state index contributed by atoms with van der Waals surface area (Å²) >= 11 is 0. The Balaban J connectivity index is 4.60. The summed E-state index contributed by atoms with van der Waals surface area (Å²) in [5, 5.41) is 14.6. The average Bonchev–Trinajstić information content (AvgIpc) is 2.36. The molecule has 5 heteroatoms. The van der Waals surface area contributed by atoms with Crippen molar-refractivity contribution >= 4 is 11.7 Å². The van der Waals surface area contributed by atoms with Crippen LogP contribution < -0.4 is 11.1 Å². The van der Waals surface area contributed by atoms with Crippen LogP contribution in [0.25, 0.3) is 0 Å². The maximum atomic E-state index is 12.1. The lowest BCUT2D eigenvalue weighted by Crippen LogP contribution is -2.45. The van der Waals surface area contributed by atoms with Crippen LogP contribution >= 0.6 is 0 Å². The highest BCUT2D eigenvalue weighted by Crippen LogP contribution is 2.14. The summed E-state index contributed by atoms with van der Waals surface area (Å²) in [6.45, 7) is 8.20. The number of carbonyl (C=O) groups excluding carboxylic acids is 1. The van der Waals surface area contributed by atoms with E-state index in [1.165, 1.54) is 0 Å². The van der Waals surface area contributed by atoms with Crippen molar-refractivity contribution in [1.82, 2.24) is 5.32 Å². The maximum absolute atomic E-state index is 12.1. The summed E-state index contributed by atoms with van der Waals surface area (Å²) in [7, 11) is 0. The predicted octanol–water partition coefficient (Wildman–Crippen LogP) is 2.09. The van der Waals surface area contributed by atoms with Crippen molar-refractivity contribution in [2.75, 3.05) is 0 Å². The number of nitrogens with one attached hydrogen (secondary N) is 1. The molecule has 0 rings (SSSR count). The molecule has 0 heterocycles. The first kappa shape index (κ1) is 16.7. The Morgan fingerprint density at radius 3 is 2.28 bits per heavy atom. The Hall–Kier alpha value is -1.26. The number of oxime groups is 1. The zero-order chi connectivity index (χ0) is 14.1. The third-order valence-electron chi connectivity index (χ3n) is 3.49. The molecule has 0 saturated carbocycles. The van der Waals surface area contributed by atoms with E-state index in [4.69, 9.17) is 10.9 Å². The normalized spacial score (nSPS) is 15.5. The SMILES string of the molecule is CCCC(C(=O)NC(C)C(CC)CC)C(N)=NO. The number of hydrogen-bond acceptors (Lipinski definition) is 3. The van der Waals surface area contributed by atoms with Crippen LogP contribution in [-0.4, -0.2) is 23.0 Å². The van der Waals surface area contributed by atoms with E-state index in [1.807, 2.05) is 13.8 Å². The van der Waals surface area contributed by atoms with Crippen LogP contribution in [0.4, 0.5) is 0 Å². The van der Waals surface area contributed by atoms with Gasteiger partial charge < -0.3 is 16.3 Å². The van der Waals surface area contributed by atoms with Crippen LogP contribution in [0.3, 0.4) is 0 Å². The minimum atomic E-state index is -0.531. The fraction of sp³-hybridized carbons (Fsp3) is 0.846. The van der Waals surface area contributed by atoms with Gasteiger partial charge in [0.15, 0.2) is 5.84 Å². The summed E-state index contributed by atoms with van der Waals surface area (Å²) < 4.78 is 0. The van der Waals surface area contributed by atoms with E-state index >= 15 is 0 Å². The standard InChI is InChI=1S/C13H27N3O2/c1-5-8-11(12(14)16-18)13(17)15-9(4)10(6-2)7-3/h9-11,18H,5-8H2,1-4H3,(H2,14,16)(H,15,17). The minimum Gasteiger partial charge on any atom is -0.409 e. The second kappa shape index (κ2) is 8.78. The van der Waals surface area contributed by atoms with E-state index in [0.717, 1.165) is 19.3 Å². The Kier molecular flexibility index (Phi) is 8.16. The van der Waals surface area contributed by atoms with E-state index in [1.54, 1.807) is 0 Å². The highest BCUT2D eigenvalue weighted by Gasteiger charge is 2.25. The topological polar surface area (TPSA) is 87.7 Å². The van der Waals surface area contributed by atoms with Gasteiger partial charge in [0.25, 0.3) is 0 Å². The van der Waals surface area contributed by atoms with Crippen molar-refractivity contribution in [2.24, 2.45) is 22.7 Å². The molecule has 106 valence electrons. The first-order valence-corrected chi connectivity index (χ1v) is 6.79. The van der Waals surface area contributed by atoms with E-state index in [0.29, 0.717) is 12.3 Å². The van der Waals surface area contributed by atoms with E-state index in [9.17, 15) is 4.79 Å². The number of amidine groups is 1. The Morgan fingerprint density at radius 1 is 1.33 bits per heavy atom. The van der Waals surface area contributed by atoms with Gasteiger partial charge in [-0.25, -0.2) is 0 Å². The smallest absolute Gasteiger partial charge is 0.231 e. The van der Waals surface area contributed by atoms with Gasteiger partial charge in [0, 0.05) is 6.04 Å². The highest BCUT2D eigenvalue weighted by atomic mass is 16.4. The van der Waals surface area contributed by atoms with Gasteiger partial charge in [-0.05, 0) is 19.3 Å². The molecule has 0 aliphatic heterocycles. The second-order valence-corrected chi connectivity index (χ2v) is 4.74. The molecule has 0 aliphatic rings. The van der Waals surface area contributed by atoms with Crippen LogP contribution in [0, 0.1) is 11.8 Å². The molecule has 0 aromatic heterocycles. The van der Waals surface area contributed by atoms with E-state index < -0.39 is 5.92 Å². The summed E-state index contributed by atoms with van der Waals surface area (Å²) in [6, 6.07) is 0.110. The molecule has 18 heavy (non-hydrogen) atoms. The minimum absolute atomic E-state index is 0.00824. The number of nitrogens with two attached hydrogens (primary N) is 1. The van der Waals surface area contributed by atoms with Crippen LogP contribution in [0.15, 0.2) is 5.16 Å². The molecular formula is C13H27N3O2. The summed E-state index contributed by atoms with van der Waals surface area (Å²) in [5.41, 5.74) is 5.56. The van der Waals surface area contributed by atoms with Gasteiger partial charge in [0.05, 0.1) is 5.92 Å². The Labute approximate surface area is 110 Å². The lowest BCUT2D eigenvalue weighted by Gasteiger charge is -2.24. The van der Waals surface area contributed by atoms with Crippen molar-refractivity contribution in [3.8, 4) is 0 Å². The number of rotatable bonds is 8. The molecule has 0 aromatic rings. The maximum Gasteiger partial charge on any atom is 0.231 e. The van der Waals surface area contributed by atoms with Crippen LogP contribution in [0.5, 0.6) is 0 Å². The van der Waals surface area contributed by atoms with Crippen LogP contribution in [0.1, 0.15) is 53.4 Å². The van der Waals surface area contributed by atoms with E-state index in [-0.39, 0.29) is 17.8 Å². The van der Waals surface area contributed by atoms with Crippen molar-refractivity contribution in [3.05, 3.63) is 0 Å². The second-order valence-electron chi connectivity index (χ2n) is 4.74. The van der Waals surface area contributed by atoms with Crippen LogP contribution in [0.2, 0.25) is 0 Å². The van der Waals surface area contributed by atoms with Gasteiger partial charge in [0.2, 0.25) is 5.91 Å². The van der Waals surface area contributed by atoms with Crippen molar-refractivity contribution in [2.45, 2.75) is 59.4 Å². The molecule has 4 N–H and O–H groups in total. The molecular weight excluding hydrogens is 230 g/mol. The summed E-state index contributed by atoms with van der Waals surface area (Å²) in [4.78, 5) is 12.1. The molecule has 0 bridgehead atoms. The van der Waals surface area contributed by atoms with Crippen molar-refractivity contribution < 1.29 is 10.0 Å². The Bertz CT molecular complexity index is 275. The molecule has 0 spiro atoms. The summed E-state index contributed by atoms with van der Waals surface area (Å²) in [6.07, 6.45) is 3.46. The lowest BCUT2D eigenvalue weighted by molar-refractivity contribution is -0.124. The molecule has 0 aromatic carbocycles. The predicted molar refractivity (Wildman–Crippen MR) is 73.5 cm³/mol. The first-order valence-electron chi connectivity index (χ1n) is 6.79. The number of nitrogens with zero attached hydrogens (tertiary/aromatic N) is 1. The zero-order valence-corrected chi connectivity index (χ0v) is 11.9. The first-order chi connectivity index (χ1) is 8.51. The zero-order valence-electron chi connectivity index (χ0n) is 11.9. The molecule has 0 fully saturated rings. The van der Waals surface area contributed by atoms with Gasteiger partial charge in [0.1, 0.15) is 0 Å². The molecule has 0 aliphatic carbocycles. The van der Waals surface area contributed by atoms with Crippen molar-refractivity contribution in [3.63, 3.8) is 0 Å². The fourth-order valence-corrected chi connectivity index (χ4v) is 2.21. The number of amides is 1. The average molecular weight is 257 g/mol. The molecule has 2 atom stereocenters. The monoisotopic (exact) mass is 257 g/mol. The van der Waals surface area contributed by atoms with Crippen LogP contribution in [-0.2, 0) is 4.79 Å². The van der Waals surface area contributed by atoms with Crippen molar-refractivity contribution in [1.29, 1.82) is 0 Å².